The second kappa shape index (κ2) is 4.72. The molecule has 2 N–H and O–H groups in total. The molecule has 94 valence electrons. The lowest BCUT2D eigenvalue weighted by Crippen LogP contribution is -2.05. The number of aromatic nitrogens is 2. The van der Waals surface area contributed by atoms with Gasteiger partial charge in [0, 0.05) is 11.1 Å². The molecule has 0 atom stereocenters. The van der Waals surface area contributed by atoms with Gasteiger partial charge in [0.05, 0.1) is 5.69 Å². The zero-order valence-corrected chi connectivity index (χ0v) is 10.7. The number of nitrogens with two attached hydrogens (primary N) is 1. The van der Waals surface area contributed by atoms with Gasteiger partial charge in [0.15, 0.2) is 0 Å². The van der Waals surface area contributed by atoms with E-state index >= 15 is 0 Å². The lowest BCUT2D eigenvalue weighted by atomic mass is 9.95. The van der Waals surface area contributed by atoms with E-state index in [9.17, 15) is 4.39 Å². The van der Waals surface area contributed by atoms with Crippen molar-refractivity contribution in [2.24, 2.45) is 0 Å². The van der Waals surface area contributed by atoms with Gasteiger partial charge in [-0.15, -0.1) is 0 Å². The van der Waals surface area contributed by atoms with Gasteiger partial charge in [0.1, 0.15) is 18.0 Å². The van der Waals surface area contributed by atoms with Crippen molar-refractivity contribution >= 4 is 5.82 Å². The third kappa shape index (κ3) is 2.18. The molecule has 0 amide bonds. The molecule has 0 saturated carbocycles. The van der Waals surface area contributed by atoms with Gasteiger partial charge in [-0.25, -0.2) is 14.4 Å². The summed E-state index contributed by atoms with van der Waals surface area (Å²) < 4.78 is 13.4. The molecule has 0 radical (unpaired) electrons. The molecule has 0 aliphatic carbocycles. The number of benzene rings is 1. The van der Waals surface area contributed by atoms with E-state index in [1.165, 1.54) is 18.5 Å². The van der Waals surface area contributed by atoms with Crippen LogP contribution in [0.5, 0.6) is 0 Å². The third-order valence-electron chi connectivity index (χ3n) is 2.95. The van der Waals surface area contributed by atoms with Crippen LogP contribution in [0.1, 0.15) is 30.9 Å². The van der Waals surface area contributed by atoms with Crippen molar-refractivity contribution < 1.29 is 4.39 Å². The molecule has 1 aromatic heterocycles. The zero-order chi connectivity index (χ0) is 13.3. The average molecular weight is 245 g/mol. The Bertz CT molecular complexity index is 579. The molecule has 18 heavy (non-hydrogen) atoms. The van der Waals surface area contributed by atoms with Gasteiger partial charge in [0.25, 0.3) is 0 Å². The van der Waals surface area contributed by atoms with Crippen LogP contribution in [0.2, 0.25) is 0 Å². The van der Waals surface area contributed by atoms with E-state index in [4.69, 9.17) is 5.73 Å². The van der Waals surface area contributed by atoms with Crippen LogP contribution in [-0.4, -0.2) is 9.97 Å². The smallest absolute Gasteiger partial charge is 0.130 e. The monoisotopic (exact) mass is 245 g/mol. The molecular weight excluding hydrogens is 229 g/mol. The summed E-state index contributed by atoms with van der Waals surface area (Å²) in [6.45, 7) is 5.97. The van der Waals surface area contributed by atoms with Crippen molar-refractivity contribution in [2.45, 2.75) is 26.7 Å². The average Bonchev–Trinajstić information content (AvgIpc) is 2.31. The second-order valence-electron chi connectivity index (χ2n) is 4.64. The predicted octanol–water partition coefficient (Wildman–Crippen LogP) is 3.30. The van der Waals surface area contributed by atoms with Gasteiger partial charge in [-0.3, -0.25) is 0 Å². The van der Waals surface area contributed by atoms with Crippen LogP contribution in [-0.2, 0) is 0 Å². The Morgan fingerprint density at radius 2 is 1.94 bits per heavy atom. The molecule has 0 aliphatic rings. The summed E-state index contributed by atoms with van der Waals surface area (Å²) in [6, 6.07) is 4.68. The van der Waals surface area contributed by atoms with Crippen LogP contribution in [0.3, 0.4) is 0 Å². The van der Waals surface area contributed by atoms with E-state index in [2.05, 4.69) is 9.97 Å². The zero-order valence-electron chi connectivity index (χ0n) is 10.7. The maximum atomic E-state index is 13.4. The summed E-state index contributed by atoms with van der Waals surface area (Å²) in [6.07, 6.45) is 1.42. The van der Waals surface area contributed by atoms with E-state index in [0.717, 1.165) is 22.4 Å². The first kappa shape index (κ1) is 12.5. The van der Waals surface area contributed by atoms with Crippen molar-refractivity contribution in [1.29, 1.82) is 0 Å². The van der Waals surface area contributed by atoms with Gasteiger partial charge >= 0.3 is 0 Å². The fourth-order valence-corrected chi connectivity index (χ4v) is 2.04. The van der Waals surface area contributed by atoms with Crippen LogP contribution in [0, 0.1) is 12.7 Å². The lowest BCUT2D eigenvalue weighted by molar-refractivity contribution is 0.627. The first-order chi connectivity index (χ1) is 8.50. The Morgan fingerprint density at radius 3 is 2.61 bits per heavy atom. The molecule has 1 aromatic carbocycles. The van der Waals surface area contributed by atoms with E-state index < -0.39 is 0 Å². The highest BCUT2D eigenvalue weighted by Crippen LogP contribution is 2.32. The first-order valence-electron chi connectivity index (χ1n) is 5.87. The van der Waals surface area contributed by atoms with Crippen LogP contribution >= 0.6 is 0 Å². The molecule has 0 fully saturated rings. The highest BCUT2D eigenvalue weighted by Gasteiger charge is 2.16. The first-order valence-corrected chi connectivity index (χ1v) is 5.87. The van der Waals surface area contributed by atoms with Gasteiger partial charge in [0.2, 0.25) is 0 Å². The topological polar surface area (TPSA) is 51.8 Å². The van der Waals surface area contributed by atoms with Crippen LogP contribution in [0.4, 0.5) is 10.2 Å². The van der Waals surface area contributed by atoms with E-state index in [-0.39, 0.29) is 11.7 Å². The summed E-state index contributed by atoms with van der Waals surface area (Å²) >= 11 is 0. The summed E-state index contributed by atoms with van der Waals surface area (Å²) in [5.41, 5.74) is 9.23. The van der Waals surface area contributed by atoms with Gasteiger partial charge in [-0.1, -0.05) is 19.9 Å². The quantitative estimate of drug-likeness (QED) is 0.883. The highest BCUT2D eigenvalue weighted by molar-refractivity contribution is 5.71. The van der Waals surface area contributed by atoms with Gasteiger partial charge < -0.3 is 5.73 Å². The minimum atomic E-state index is -0.275. The molecular formula is C14H16FN3. The number of anilines is 1. The van der Waals surface area contributed by atoms with Gasteiger partial charge in [-0.05, 0) is 30.5 Å². The Balaban J connectivity index is 2.71. The summed E-state index contributed by atoms with van der Waals surface area (Å²) in [7, 11) is 0. The maximum Gasteiger partial charge on any atom is 0.130 e. The normalized spacial score (nSPS) is 10.9. The number of aryl methyl sites for hydroxylation is 1. The number of hydrogen-bond acceptors (Lipinski definition) is 3. The largest absolute Gasteiger partial charge is 0.383 e. The predicted molar refractivity (Wildman–Crippen MR) is 70.7 cm³/mol. The molecule has 4 heteroatoms. The Kier molecular flexibility index (Phi) is 3.28. The number of nitrogen functional groups attached to an aromatic ring is 1. The van der Waals surface area contributed by atoms with Crippen LogP contribution in [0.15, 0.2) is 24.5 Å². The molecule has 0 bridgehead atoms. The van der Waals surface area contributed by atoms with E-state index in [0.29, 0.717) is 5.82 Å². The van der Waals surface area contributed by atoms with E-state index in [1.54, 1.807) is 6.07 Å². The molecule has 1 heterocycles. The number of hydrogen-bond donors (Lipinski definition) is 1. The van der Waals surface area contributed by atoms with Crippen LogP contribution < -0.4 is 5.73 Å². The lowest BCUT2D eigenvalue weighted by Gasteiger charge is -2.15. The minimum Gasteiger partial charge on any atom is -0.383 e. The van der Waals surface area contributed by atoms with Crippen molar-refractivity contribution in [3.63, 3.8) is 0 Å². The maximum absolute atomic E-state index is 13.4. The number of halogens is 1. The molecule has 0 aliphatic heterocycles. The fourth-order valence-electron chi connectivity index (χ4n) is 2.04. The fraction of sp³-hybridized carbons (Fsp3) is 0.286. The Hall–Kier alpha value is -1.97. The van der Waals surface area contributed by atoms with Gasteiger partial charge in [-0.2, -0.15) is 0 Å². The SMILES string of the molecule is Cc1ccc(F)cc1-c1ncnc(N)c1C(C)C. The molecule has 3 nitrogen and oxygen atoms in total. The number of nitrogens with zero attached hydrogens (tertiary/aromatic N) is 2. The highest BCUT2D eigenvalue weighted by atomic mass is 19.1. The summed E-state index contributed by atoms with van der Waals surface area (Å²) in [5, 5.41) is 0. The molecule has 0 spiro atoms. The van der Waals surface area contributed by atoms with Crippen LogP contribution in [0.25, 0.3) is 11.3 Å². The molecule has 2 rings (SSSR count). The summed E-state index contributed by atoms with van der Waals surface area (Å²) in [4.78, 5) is 8.29. The molecule has 0 saturated heterocycles. The van der Waals surface area contributed by atoms with Crippen molar-refractivity contribution in [3.8, 4) is 11.3 Å². The minimum absolute atomic E-state index is 0.184. The molecule has 0 unspecified atom stereocenters. The van der Waals surface area contributed by atoms with Crippen molar-refractivity contribution in [1.82, 2.24) is 9.97 Å². The summed E-state index contributed by atoms with van der Waals surface area (Å²) in [5.74, 6) is 0.366. The third-order valence-corrected chi connectivity index (χ3v) is 2.95. The standard InChI is InChI=1S/C14H16FN3/c1-8(2)12-13(17-7-18-14(12)16)11-6-10(15)5-4-9(11)3/h4-8H,1-3H3,(H2,16,17,18). The second-order valence-corrected chi connectivity index (χ2v) is 4.64. The Labute approximate surface area is 106 Å². The van der Waals surface area contributed by atoms with Crippen molar-refractivity contribution in [3.05, 3.63) is 41.5 Å². The van der Waals surface area contributed by atoms with Crippen molar-refractivity contribution in [2.75, 3.05) is 5.73 Å². The Morgan fingerprint density at radius 1 is 1.22 bits per heavy atom. The molecule has 2 aromatic rings. The number of rotatable bonds is 2. The van der Waals surface area contributed by atoms with E-state index in [1.807, 2.05) is 20.8 Å².